The molecule has 0 saturated carbocycles. The van der Waals surface area contributed by atoms with E-state index in [9.17, 15) is 18.0 Å². The first-order chi connectivity index (χ1) is 16.2. The van der Waals surface area contributed by atoms with Crippen molar-refractivity contribution < 1.29 is 18.0 Å². The molecule has 2 fully saturated rings. The molecule has 2 aliphatic rings. The lowest BCUT2D eigenvalue weighted by Crippen LogP contribution is -2.41. The van der Waals surface area contributed by atoms with E-state index in [1.165, 1.54) is 4.31 Å². The molecule has 2 aromatic carbocycles. The van der Waals surface area contributed by atoms with E-state index in [2.05, 4.69) is 10.2 Å². The minimum Gasteiger partial charge on any atom is -0.371 e. The van der Waals surface area contributed by atoms with Crippen molar-refractivity contribution in [2.75, 3.05) is 36.4 Å². The number of piperidine rings is 2. The molecule has 0 aromatic heterocycles. The van der Waals surface area contributed by atoms with Gasteiger partial charge in [-0.3, -0.25) is 9.59 Å². The van der Waals surface area contributed by atoms with Crippen molar-refractivity contribution in [3.8, 4) is 0 Å². The van der Waals surface area contributed by atoms with Crippen molar-refractivity contribution in [3.05, 3.63) is 54.1 Å². The van der Waals surface area contributed by atoms with Crippen LogP contribution >= 0.6 is 0 Å². The van der Waals surface area contributed by atoms with E-state index in [1.807, 2.05) is 31.2 Å². The number of hydrogen-bond donors (Lipinski definition) is 2. The highest BCUT2D eigenvalue weighted by atomic mass is 32.2. The van der Waals surface area contributed by atoms with Crippen molar-refractivity contribution in [3.63, 3.8) is 0 Å². The number of sulfonamides is 1. The first-order valence-corrected chi connectivity index (χ1v) is 13.2. The van der Waals surface area contributed by atoms with Crippen molar-refractivity contribution >= 4 is 33.2 Å². The summed E-state index contributed by atoms with van der Waals surface area (Å²) in [6.07, 6.45) is 2.49. The lowest BCUT2D eigenvalue weighted by molar-refractivity contribution is -0.122. The van der Waals surface area contributed by atoms with Crippen LogP contribution in [0.4, 0.5) is 11.4 Å². The van der Waals surface area contributed by atoms with Gasteiger partial charge in [-0.05, 0) is 69.0 Å². The van der Waals surface area contributed by atoms with Gasteiger partial charge in [0.25, 0.3) is 0 Å². The maximum Gasteiger partial charge on any atom is 0.243 e. The van der Waals surface area contributed by atoms with Crippen LogP contribution in [-0.4, -0.2) is 50.7 Å². The van der Waals surface area contributed by atoms with E-state index in [0.717, 1.165) is 42.9 Å². The highest BCUT2D eigenvalue weighted by molar-refractivity contribution is 7.89. The van der Waals surface area contributed by atoms with Crippen LogP contribution in [0.5, 0.6) is 0 Å². The molecule has 2 aromatic rings. The average Bonchev–Trinajstić information content (AvgIpc) is 2.85. The van der Waals surface area contributed by atoms with E-state index in [1.54, 1.807) is 24.3 Å². The minimum atomic E-state index is -3.54. The van der Waals surface area contributed by atoms with Crippen LogP contribution in [0.1, 0.15) is 31.2 Å². The lowest BCUT2D eigenvalue weighted by atomic mass is 9.96. The molecule has 2 amide bonds. The lowest BCUT2D eigenvalue weighted by Gasteiger charge is -2.32. The molecule has 8 nitrogen and oxygen atoms in total. The molecule has 0 spiro atoms. The topological polar surface area (TPSA) is 113 Å². The van der Waals surface area contributed by atoms with Gasteiger partial charge in [0.2, 0.25) is 21.8 Å². The maximum absolute atomic E-state index is 12.9. The quantitative estimate of drug-likeness (QED) is 0.655. The number of anilines is 2. The Morgan fingerprint density at radius 2 is 1.41 bits per heavy atom. The predicted molar refractivity (Wildman–Crippen MR) is 132 cm³/mol. The van der Waals surface area contributed by atoms with Crippen molar-refractivity contribution in [2.24, 2.45) is 17.6 Å². The Balaban J connectivity index is 1.29. The molecule has 2 aliphatic heterocycles. The fraction of sp³-hybridized carbons (Fsp3) is 0.440. The summed E-state index contributed by atoms with van der Waals surface area (Å²) < 4.78 is 27.2. The fourth-order valence-corrected chi connectivity index (χ4v) is 6.11. The van der Waals surface area contributed by atoms with E-state index in [0.29, 0.717) is 30.8 Å². The highest BCUT2D eigenvalue weighted by Crippen LogP contribution is 2.27. The number of primary amides is 1. The number of aryl methyl sites for hydroxylation is 1. The van der Waals surface area contributed by atoms with Gasteiger partial charge in [-0.1, -0.05) is 17.7 Å². The Hall–Kier alpha value is -2.91. The maximum atomic E-state index is 12.9. The van der Waals surface area contributed by atoms with Gasteiger partial charge in [0, 0.05) is 49.4 Å². The van der Waals surface area contributed by atoms with Crippen molar-refractivity contribution in [1.82, 2.24) is 4.31 Å². The smallest absolute Gasteiger partial charge is 0.243 e. The molecule has 9 heteroatoms. The number of nitrogens with two attached hydrogens (primary N) is 1. The highest BCUT2D eigenvalue weighted by Gasteiger charge is 2.32. The summed E-state index contributed by atoms with van der Waals surface area (Å²) in [5, 5.41) is 2.97. The second-order valence-electron chi connectivity index (χ2n) is 9.19. The van der Waals surface area contributed by atoms with Gasteiger partial charge in [0.15, 0.2) is 0 Å². The van der Waals surface area contributed by atoms with Crippen molar-refractivity contribution in [1.29, 1.82) is 0 Å². The van der Waals surface area contributed by atoms with E-state index >= 15 is 0 Å². The van der Waals surface area contributed by atoms with Gasteiger partial charge in [-0.15, -0.1) is 0 Å². The molecule has 0 aliphatic carbocycles. The second kappa shape index (κ2) is 10.1. The molecule has 2 saturated heterocycles. The number of carbonyl (C=O) groups is 2. The summed E-state index contributed by atoms with van der Waals surface area (Å²) in [6.45, 7) is 4.14. The average molecular weight is 485 g/mol. The molecule has 182 valence electrons. The molecule has 0 bridgehead atoms. The van der Waals surface area contributed by atoms with E-state index in [-0.39, 0.29) is 23.7 Å². The molecular formula is C25H32N4O4S. The number of carbonyl (C=O) groups excluding carboxylic acids is 2. The Labute approximate surface area is 201 Å². The standard InChI is InChI=1S/C25H32N4O4S/c1-18-2-8-23(9-3-18)34(32,33)29-16-12-20(13-17-29)25(31)27-21-4-6-22(7-5-21)28-14-10-19(11-15-28)24(26)30/h2-9,19-20H,10-17H2,1H3,(H2,26,30)(H,27,31). The SMILES string of the molecule is Cc1ccc(S(=O)(=O)N2CCC(C(=O)Nc3ccc(N4CCC(C(N)=O)CC4)cc3)CC2)cc1. The van der Waals surface area contributed by atoms with Crippen LogP contribution in [-0.2, 0) is 19.6 Å². The predicted octanol–water partition coefficient (Wildman–Crippen LogP) is 2.74. The molecule has 4 rings (SSSR count). The summed E-state index contributed by atoms with van der Waals surface area (Å²) in [5.41, 5.74) is 8.19. The number of nitrogens with one attached hydrogen (secondary N) is 1. The Kier molecular flexibility index (Phi) is 7.23. The van der Waals surface area contributed by atoms with Crippen LogP contribution in [0.3, 0.4) is 0 Å². The molecule has 0 atom stereocenters. The van der Waals surface area contributed by atoms with E-state index in [4.69, 9.17) is 5.73 Å². The third kappa shape index (κ3) is 5.42. The summed E-state index contributed by atoms with van der Waals surface area (Å²) >= 11 is 0. The van der Waals surface area contributed by atoms with Crippen LogP contribution in [0.2, 0.25) is 0 Å². The fourth-order valence-electron chi connectivity index (χ4n) is 4.64. The zero-order valence-corrected chi connectivity index (χ0v) is 20.3. The summed E-state index contributed by atoms with van der Waals surface area (Å²) in [7, 11) is -3.54. The molecular weight excluding hydrogens is 452 g/mol. The molecule has 2 heterocycles. The van der Waals surface area contributed by atoms with Crippen molar-refractivity contribution in [2.45, 2.75) is 37.5 Å². The number of amides is 2. The Morgan fingerprint density at radius 3 is 1.97 bits per heavy atom. The molecule has 0 radical (unpaired) electrons. The molecule has 3 N–H and O–H groups in total. The van der Waals surface area contributed by atoms with E-state index < -0.39 is 10.0 Å². The largest absolute Gasteiger partial charge is 0.371 e. The van der Waals surface area contributed by atoms with Gasteiger partial charge in [0.1, 0.15) is 0 Å². The third-order valence-corrected chi connectivity index (χ3v) is 8.79. The van der Waals surface area contributed by atoms with Crippen LogP contribution in [0.25, 0.3) is 0 Å². The first kappa shape index (κ1) is 24.2. The van der Waals surface area contributed by atoms with Gasteiger partial charge >= 0.3 is 0 Å². The monoisotopic (exact) mass is 484 g/mol. The van der Waals surface area contributed by atoms with Gasteiger partial charge in [-0.2, -0.15) is 4.31 Å². The summed E-state index contributed by atoms with van der Waals surface area (Å²) in [5.74, 6) is -0.580. The number of hydrogen-bond acceptors (Lipinski definition) is 5. The Morgan fingerprint density at radius 1 is 0.853 bits per heavy atom. The van der Waals surface area contributed by atoms with Crippen LogP contribution in [0.15, 0.2) is 53.4 Å². The first-order valence-electron chi connectivity index (χ1n) is 11.8. The normalized spacial score (nSPS) is 18.6. The van der Waals surface area contributed by atoms with Crippen LogP contribution in [0, 0.1) is 18.8 Å². The van der Waals surface area contributed by atoms with Gasteiger partial charge in [0.05, 0.1) is 4.90 Å². The Bertz CT molecular complexity index is 1120. The molecule has 34 heavy (non-hydrogen) atoms. The number of benzene rings is 2. The summed E-state index contributed by atoms with van der Waals surface area (Å²) in [6, 6.07) is 14.5. The molecule has 0 unspecified atom stereocenters. The third-order valence-electron chi connectivity index (χ3n) is 6.88. The minimum absolute atomic E-state index is 0.0480. The zero-order chi connectivity index (χ0) is 24.3. The van der Waals surface area contributed by atoms with Gasteiger partial charge in [-0.25, -0.2) is 8.42 Å². The number of rotatable bonds is 6. The second-order valence-corrected chi connectivity index (χ2v) is 11.1. The van der Waals surface area contributed by atoms with Crippen LogP contribution < -0.4 is 16.0 Å². The number of nitrogens with zero attached hydrogens (tertiary/aromatic N) is 2. The van der Waals surface area contributed by atoms with Gasteiger partial charge < -0.3 is 16.0 Å². The summed E-state index contributed by atoms with van der Waals surface area (Å²) in [4.78, 5) is 26.6. The zero-order valence-electron chi connectivity index (χ0n) is 19.4.